The Bertz CT molecular complexity index is 577. The fourth-order valence-electron chi connectivity index (χ4n) is 1.61. The smallest absolute Gasteiger partial charge is 0.258 e. The highest BCUT2D eigenvalue weighted by Crippen LogP contribution is 2.19. The van der Waals surface area contributed by atoms with E-state index in [2.05, 4.69) is 10.3 Å². The lowest BCUT2D eigenvalue weighted by molar-refractivity contribution is 0.0944. The van der Waals surface area contributed by atoms with E-state index in [0.29, 0.717) is 0 Å². The van der Waals surface area contributed by atoms with Gasteiger partial charge in [0, 0.05) is 18.4 Å². The molecule has 19 heavy (non-hydrogen) atoms. The molecule has 0 aliphatic carbocycles. The lowest BCUT2D eigenvalue weighted by Crippen LogP contribution is -2.24. The van der Waals surface area contributed by atoms with Crippen LogP contribution in [0.4, 0.5) is 4.39 Å². The molecule has 0 bridgehead atoms. The van der Waals surface area contributed by atoms with Gasteiger partial charge in [-0.2, -0.15) is 0 Å². The fraction of sp³-hybridized carbons (Fsp3) is 0.143. The highest BCUT2D eigenvalue weighted by Gasteiger charge is 2.15. The molecule has 0 atom stereocenters. The van der Waals surface area contributed by atoms with Crippen molar-refractivity contribution in [3.63, 3.8) is 0 Å². The quantitative estimate of drug-likeness (QED) is 0.889. The molecule has 0 spiro atoms. The van der Waals surface area contributed by atoms with Crippen LogP contribution in [0.1, 0.15) is 21.6 Å². The third-order valence-electron chi connectivity index (χ3n) is 2.64. The molecule has 1 aromatic carbocycles. The van der Waals surface area contributed by atoms with Gasteiger partial charge in [0.2, 0.25) is 0 Å². The van der Waals surface area contributed by atoms with Crippen LogP contribution < -0.4 is 5.32 Å². The van der Waals surface area contributed by atoms with Crippen molar-refractivity contribution in [3.8, 4) is 5.75 Å². The van der Waals surface area contributed by atoms with Gasteiger partial charge in [0.05, 0.1) is 0 Å². The molecular weight excluding hydrogens is 247 g/mol. The molecule has 4 nitrogen and oxygen atoms in total. The molecule has 5 heteroatoms. The summed E-state index contributed by atoms with van der Waals surface area (Å²) in [6.45, 7) is 2.08. The minimum absolute atomic E-state index is 0.222. The predicted octanol–water partition coefficient (Wildman–Crippen LogP) is 2.16. The Labute approximate surface area is 109 Å². The van der Waals surface area contributed by atoms with Gasteiger partial charge < -0.3 is 10.4 Å². The highest BCUT2D eigenvalue weighted by atomic mass is 19.1. The van der Waals surface area contributed by atoms with Crippen LogP contribution in [0.25, 0.3) is 0 Å². The van der Waals surface area contributed by atoms with Gasteiger partial charge in [-0.05, 0) is 30.7 Å². The number of phenolic OH excluding ortho intramolecular Hbond substituents is 1. The van der Waals surface area contributed by atoms with Gasteiger partial charge in [-0.1, -0.05) is 12.1 Å². The van der Waals surface area contributed by atoms with E-state index in [9.17, 15) is 14.3 Å². The molecule has 0 fully saturated rings. The lowest BCUT2D eigenvalue weighted by Gasteiger charge is -2.07. The molecule has 0 aliphatic heterocycles. The molecule has 0 saturated heterocycles. The van der Waals surface area contributed by atoms with Crippen molar-refractivity contribution < 1.29 is 14.3 Å². The van der Waals surface area contributed by atoms with Crippen LogP contribution in [0.3, 0.4) is 0 Å². The Morgan fingerprint density at radius 3 is 2.79 bits per heavy atom. The van der Waals surface area contributed by atoms with Crippen LogP contribution in [-0.2, 0) is 6.54 Å². The van der Waals surface area contributed by atoms with Crippen LogP contribution in [0, 0.1) is 12.7 Å². The number of amides is 1. The highest BCUT2D eigenvalue weighted by molar-refractivity contribution is 5.97. The Balaban J connectivity index is 2.07. The van der Waals surface area contributed by atoms with Crippen molar-refractivity contribution in [3.05, 3.63) is 59.2 Å². The summed E-state index contributed by atoms with van der Waals surface area (Å²) in [5, 5.41) is 12.0. The predicted molar refractivity (Wildman–Crippen MR) is 68.2 cm³/mol. The van der Waals surface area contributed by atoms with E-state index in [4.69, 9.17) is 0 Å². The SMILES string of the molecule is Cc1ccc(CNC(=O)c2c(O)cccc2F)cn1. The molecule has 0 saturated carbocycles. The molecule has 0 aliphatic rings. The Kier molecular flexibility index (Phi) is 3.75. The largest absolute Gasteiger partial charge is 0.507 e. The number of pyridine rings is 1. The summed E-state index contributed by atoms with van der Waals surface area (Å²) in [7, 11) is 0. The van der Waals surface area contributed by atoms with Gasteiger partial charge in [0.1, 0.15) is 17.1 Å². The molecule has 2 rings (SSSR count). The topological polar surface area (TPSA) is 62.2 Å². The Morgan fingerprint density at radius 1 is 1.37 bits per heavy atom. The van der Waals surface area contributed by atoms with Gasteiger partial charge in [-0.25, -0.2) is 4.39 Å². The van der Waals surface area contributed by atoms with Crippen LogP contribution in [-0.4, -0.2) is 16.0 Å². The number of nitrogens with one attached hydrogen (secondary N) is 1. The van der Waals surface area contributed by atoms with Crippen LogP contribution >= 0.6 is 0 Å². The summed E-state index contributed by atoms with van der Waals surface area (Å²) in [6, 6.07) is 7.38. The molecule has 1 heterocycles. The minimum Gasteiger partial charge on any atom is -0.507 e. The number of carbonyl (C=O) groups is 1. The number of aromatic hydroxyl groups is 1. The maximum atomic E-state index is 13.4. The number of phenols is 1. The van der Waals surface area contributed by atoms with Crippen molar-refractivity contribution in [2.75, 3.05) is 0 Å². The van der Waals surface area contributed by atoms with Gasteiger partial charge in [-0.15, -0.1) is 0 Å². The van der Waals surface area contributed by atoms with Gasteiger partial charge in [0.25, 0.3) is 5.91 Å². The zero-order chi connectivity index (χ0) is 13.8. The molecule has 98 valence electrons. The summed E-state index contributed by atoms with van der Waals surface area (Å²) in [5.41, 5.74) is 1.33. The molecular formula is C14H13FN2O2. The second-order valence-corrected chi connectivity index (χ2v) is 4.12. The first-order chi connectivity index (χ1) is 9.08. The third-order valence-corrected chi connectivity index (χ3v) is 2.64. The number of halogens is 1. The summed E-state index contributed by atoms with van der Waals surface area (Å²) < 4.78 is 13.4. The van der Waals surface area contributed by atoms with Crippen LogP contribution in [0.2, 0.25) is 0 Å². The van der Waals surface area contributed by atoms with Gasteiger partial charge in [0.15, 0.2) is 0 Å². The molecule has 2 N–H and O–H groups in total. The standard InChI is InChI=1S/C14H13FN2O2/c1-9-5-6-10(7-16-9)8-17-14(19)13-11(15)3-2-4-12(13)18/h2-7,18H,8H2,1H3,(H,17,19). The van der Waals surface area contributed by atoms with E-state index in [1.54, 1.807) is 6.20 Å². The number of hydrogen-bond donors (Lipinski definition) is 2. The van der Waals surface area contributed by atoms with E-state index in [1.807, 2.05) is 19.1 Å². The minimum atomic E-state index is -0.750. The first kappa shape index (κ1) is 13.0. The molecule has 1 amide bonds. The maximum absolute atomic E-state index is 13.4. The number of aromatic nitrogens is 1. The van der Waals surface area contributed by atoms with Crippen molar-refractivity contribution in [2.24, 2.45) is 0 Å². The first-order valence-corrected chi connectivity index (χ1v) is 5.75. The fourth-order valence-corrected chi connectivity index (χ4v) is 1.61. The van der Waals surface area contributed by atoms with Gasteiger partial charge >= 0.3 is 0 Å². The van der Waals surface area contributed by atoms with Crippen LogP contribution in [0.5, 0.6) is 5.75 Å². The monoisotopic (exact) mass is 260 g/mol. The zero-order valence-electron chi connectivity index (χ0n) is 10.4. The van der Waals surface area contributed by atoms with Crippen molar-refractivity contribution in [1.29, 1.82) is 0 Å². The number of aryl methyl sites for hydroxylation is 1. The van der Waals surface area contributed by atoms with Gasteiger partial charge in [-0.3, -0.25) is 9.78 Å². The summed E-state index contributed by atoms with van der Waals surface area (Å²) in [4.78, 5) is 15.9. The molecule has 1 aromatic heterocycles. The third kappa shape index (κ3) is 3.07. The number of benzene rings is 1. The first-order valence-electron chi connectivity index (χ1n) is 5.75. The Hall–Kier alpha value is -2.43. The van der Waals surface area contributed by atoms with E-state index in [-0.39, 0.29) is 17.9 Å². The second kappa shape index (κ2) is 5.48. The summed E-state index contributed by atoms with van der Waals surface area (Å²) >= 11 is 0. The van der Waals surface area contributed by atoms with E-state index < -0.39 is 11.7 Å². The summed E-state index contributed by atoms with van der Waals surface area (Å²) in [5.74, 6) is -1.78. The second-order valence-electron chi connectivity index (χ2n) is 4.12. The molecule has 0 radical (unpaired) electrons. The normalized spacial score (nSPS) is 10.2. The number of hydrogen-bond acceptors (Lipinski definition) is 3. The molecule has 2 aromatic rings. The lowest BCUT2D eigenvalue weighted by atomic mass is 10.1. The van der Waals surface area contributed by atoms with Crippen LogP contribution in [0.15, 0.2) is 36.5 Å². The summed E-state index contributed by atoms with van der Waals surface area (Å²) in [6.07, 6.45) is 1.64. The average molecular weight is 260 g/mol. The number of carbonyl (C=O) groups excluding carboxylic acids is 1. The van der Waals surface area contributed by atoms with E-state index in [0.717, 1.165) is 17.3 Å². The van der Waals surface area contributed by atoms with E-state index in [1.165, 1.54) is 12.1 Å². The Morgan fingerprint density at radius 2 is 2.16 bits per heavy atom. The number of rotatable bonds is 3. The average Bonchev–Trinajstić information content (AvgIpc) is 2.38. The zero-order valence-corrected chi connectivity index (χ0v) is 10.4. The van der Waals surface area contributed by atoms with Crippen molar-refractivity contribution in [1.82, 2.24) is 10.3 Å². The van der Waals surface area contributed by atoms with E-state index >= 15 is 0 Å². The molecule has 0 unspecified atom stereocenters. The maximum Gasteiger partial charge on any atom is 0.258 e. The number of nitrogens with zero attached hydrogens (tertiary/aromatic N) is 1. The van der Waals surface area contributed by atoms with Crippen molar-refractivity contribution in [2.45, 2.75) is 13.5 Å². The van der Waals surface area contributed by atoms with Crippen molar-refractivity contribution >= 4 is 5.91 Å².